The molecule has 2 rings (SSSR count). The predicted molar refractivity (Wildman–Crippen MR) is 68.5 cm³/mol. The Hall–Kier alpha value is -0.380. The summed E-state index contributed by atoms with van der Waals surface area (Å²) in [6.07, 6.45) is 8.43. The third-order valence-electron chi connectivity index (χ3n) is 3.18. The standard InChI is InChI=1S/C13H21NOS/c14-9-12-7-8-13(16-12)10-15-11-5-3-1-2-4-6-11/h7-8,11H,1-6,9-10,14H2. The van der Waals surface area contributed by atoms with Crippen molar-refractivity contribution in [2.24, 2.45) is 5.73 Å². The lowest BCUT2D eigenvalue weighted by molar-refractivity contribution is 0.0324. The molecule has 1 heterocycles. The number of thiophene rings is 1. The van der Waals surface area contributed by atoms with Crippen LogP contribution in [0.25, 0.3) is 0 Å². The fourth-order valence-corrected chi connectivity index (χ4v) is 3.04. The van der Waals surface area contributed by atoms with Gasteiger partial charge >= 0.3 is 0 Å². The van der Waals surface area contributed by atoms with Gasteiger partial charge in [0.25, 0.3) is 0 Å². The zero-order valence-corrected chi connectivity index (χ0v) is 10.6. The Bertz CT molecular complexity index is 303. The van der Waals surface area contributed by atoms with Gasteiger partial charge in [-0.3, -0.25) is 0 Å². The van der Waals surface area contributed by atoms with E-state index in [1.165, 1.54) is 48.3 Å². The van der Waals surface area contributed by atoms with Crippen LogP contribution in [-0.4, -0.2) is 6.10 Å². The zero-order chi connectivity index (χ0) is 11.2. The summed E-state index contributed by atoms with van der Waals surface area (Å²) in [6, 6.07) is 4.25. The van der Waals surface area contributed by atoms with Gasteiger partial charge in [0.1, 0.15) is 0 Å². The molecular formula is C13H21NOS. The Morgan fingerprint density at radius 1 is 1.12 bits per heavy atom. The summed E-state index contributed by atoms with van der Waals surface area (Å²) in [5.74, 6) is 0. The normalized spacial score (nSPS) is 18.6. The zero-order valence-electron chi connectivity index (χ0n) is 9.78. The molecular weight excluding hydrogens is 218 g/mol. The Morgan fingerprint density at radius 3 is 2.44 bits per heavy atom. The summed E-state index contributed by atoms with van der Waals surface area (Å²) < 4.78 is 5.98. The second-order valence-corrected chi connectivity index (χ2v) is 5.75. The van der Waals surface area contributed by atoms with Gasteiger partial charge in [0.15, 0.2) is 0 Å². The van der Waals surface area contributed by atoms with E-state index in [2.05, 4.69) is 12.1 Å². The van der Waals surface area contributed by atoms with Crippen molar-refractivity contribution < 1.29 is 4.74 Å². The summed E-state index contributed by atoms with van der Waals surface area (Å²) in [7, 11) is 0. The SMILES string of the molecule is NCc1ccc(COC2CCCCCC2)s1. The number of ether oxygens (including phenoxy) is 1. The molecule has 0 bridgehead atoms. The first-order chi connectivity index (χ1) is 7.88. The molecule has 1 aliphatic rings. The van der Waals surface area contributed by atoms with Crippen molar-refractivity contribution in [3.05, 3.63) is 21.9 Å². The molecule has 90 valence electrons. The third kappa shape index (κ3) is 3.58. The van der Waals surface area contributed by atoms with Crippen LogP contribution in [0.2, 0.25) is 0 Å². The van der Waals surface area contributed by atoms with E-state index in [0.29, 0.717) is 12.6 Å². The van der Waals surface area contributed by atoms with Crippen LogP contribution in [0.15, 0.2) is 12.1 Å². The number of rotatable bonds is 4. The first-order valence-corrected chi connectivity index (χ1v) is 7.09. The van der Waals surface area contributed by atoms with E-state index in [1.807, 2.05) is 0 Å². The molecule has 0 spiro atoms. The summed E-state index contributed by atoms with van der Waals surface area (Å²) in [4.78, 5) is 2.56. The van der Waals surface area contributed by atoms with Gasteiger partial charge in [0, 0.05) is 16.3 Å². The van der Waals surface area contributed by atoms with Gasteiger partial charge in [-0.25, -0.2) is 0 Å². The number of nitrogens with two attached hydrogens (primary N) is 1. The van der Waals surface area contributed by atoms with E-state index in [0.717, 1.165) is 6.61 Å². The minimum Gasteiger partial charge on any atom is -0.373 e. The highest BCUT2D eigenvalue weighted by Crippen LogP contribution is 2.23. The van der Waals surface area contributed by atoms with Crippen LogP contribution in [0, 0.1) is 0 Å². The molecule has 0 aliphatic heterocycles. The Kier molecular flexibility index (Phi) is 4.82. The number of hydrogen-bond acceptors (Lipinski definition) is 3. The van der Waals surface area contributed by atoms with Gasteiger partial charge in [0.05, 0.1) is 12.7 Å². The van der Waals surface area contributed by atoms with Crippen molar-refractivity contribution in [3.8, 4) is 0 Å². The van der Waals surface area contributed by atoms with E-state index in [9.17, 15) is 0 Å². The molecule has 0 radical (unpaired) electrons. The summed E-state index contributed by atoms with van der Waals surface area (Å²) in [5.41, 5.74) is 5.59. The van der Waals surface area contributed by atoms with Gasteiger partial charge in [0.2, 0.25) is 0 Å². The summed E-state index contributed by atoms with van der Waals surface area (Å²) >= 11 is 1.78. The number of hydrogen-bond donors (Lipinski definition) is 1. The van der Waals surface area contributed by atoms with Crippen LogP contribution in [0.4, 0.5) is 0 Å². The van der Waals surface area contributed by atoms with Crippen LogP contribution >= 0.6 is 11.3 Å². The molecule has 0 unspecified atom stereocenters. The first-order valence-electron chi connectivity index (χ1n) is 6.28. The van der Waals surface area contributed by atoms with Gasteiger partial charge < -0.3 is 10.5 Å². The summed E-state index contributed by atoms with van der Waals surface area (Å²) in [6.45, 7) is 1.42. The van der Waals surface area contributed by atoms with Crippen LogP contribution in [0.5, 0.6) is 0 Å². The molecule has 1 aromatic rings. The monoisotopic (exact) mass is 239 g/mol. The van der Waals surface area contributed by atoms with Gasteiger partial charge in [-0.15, -0.1) is 11.3 Å². The van der Waals surface area contributed by atoms with Crippen molar-refractivity contribution >= 4 is 11.3 Å². The van der Waals surface area contributed by atoms with E-state index in [1.54, 1.807) is 11.3 Å². The van der Waals surface area contributed by atoms with Crippen molar-refractivity contribution in [1.82, 2.24) is 0 Å². The smallest absolute Gasteiger partial charge is 0.0813 e. The molecule has 1 aliphatic carbocycles. The highest BCUT2D eigenvalue weighted by Gasteiger charge is 2.12. The Balaban J connectivity index is 1.77. The van der Waals surface area contributed by atoms with Crippen LogP contribution in [-0.2, 0) is 17.9 Å². The molecule has 0 aromatic carbocycles. The highest BCUT2D eigenvalue weighted by molar-refractivity contribution is 7.11. The average molecular weight is 239 g/mol. The quantitative estimate of drug-likeness (QED) is 0.817. The molecule has 3 heteroatoms. The molecule has 2 nitrogen and oxygen atoms in total. The Morgan fingerprint density at radius 2 is 1.81 bits per heavy atom. The van der Waals surface area contributed by atoms with Gasteiger partial charge in [-0.2, -0.15) is 0 Å². The minimum atomic E-state index is 0.492. The lowest BCUT2D eigenvalue weighted by Crippen LogP contribution is -2.10. The molecule has 0 atom stereocenters. The molecule has 0 amide bonds. The topological polar surface area (TPSA) is 35.2 Å². The fourth-order valence-electron chi connectivity index (χ4n) is 2.22. The maximum Gasteiger partial charge on any atom is 0.0813 e. The third-order valence-corrected chi connectivity index (χ3v) is 4.26. The molecule has 1 aromatic heterocycles. The second kappa shape index (κ2) is 6.38. The molecule has 1 saturated carbocycles. The van der Waals surface area contributed by atoms with Crippen molar-refractivity contribution in [3.63, 3.8) is 0 Å². The molecule has 16 heavy (non-hydrogen) atoms. The second-order valence-electron chi connectivity index (χ2n) is 4.50. The predicted octanol–water partition coefficient (Wildman–Crippen LogP) is 3.45. The van der Waals surface area contributed by atoms with Gasteiger partial charge in [-0.1, -0.05) is 25.7 Å². The van der Waals surface area contributed by atoms with Crippen LogP contribution in [0.1, 0.15) is 48.3 Å². The first kappa shape index (κ1) is 12.1. The van der Waals surface area contributed by atoms with E-state index >= 15 is 0 Å². The molecule has 0 saturated heterocycles. The van der Waals surface area contributed by atoms with Gasteiger partial charge in [-0.05, 0) is 25.0 Å². The minimum absolute atomic E-state index is 0.492. The Labute approximate surface area is 102 Å². The van der Waals surface area contributed by atoms with Crippen molar-refractivity contribution in [2.75, 3.05) is 0 Å². The van der Waals surface area contributed by atoms with E-state index in [-0.39, 0.29) is 0 Å². The summed E-state index contributed by atoms with van der Waals surface area (Å²) in [5, 5.41) is 0. The van der Waals surface area contributed by atoms with Crippen LogP contribution < -0.4 is 5.73 Å². The molecule has 1 fully saturated rings. The van der Waals surface area contributed by atoms with E-state index in [4.69, 9.17) is 10.5 Å². The fraction of sp³-hybridized carbons (Fsp3) is 0.692. The lowest BCUT2D eigenvalue weighted by atomic mass is 10.1. The average Bonchev–Trinajstić information content (AvgIpc) is 2.61. The van der Waals surface area contributed by atoms with Crippen LogP contribution in [0.3, 0.4) is 0 Å². The highest BCUT2D eigenvalue weighted by atomic mass is 32.1. The maximum absolute atomic E-state index is 5.98. The van der Waals surface area contributed by atoms with Crippen molar-refractivity contribution in [2.45, 2.75) is 57.8 Å². The largest absolute Gasteiger partial charge is 0.373 e. The van der Waals surface area contributed by atoms with Crippen molar-refractivity contribution in [1.29, 1.82) is 0 Å². The van der Waals surface area contributed by atoms with E-state index < -0.39 is 0 Å². The maximum atomic E-state index is 5.98. The lowest BCUT2D eigenvalue weighted by Gasteiger charge is -2.14. The molecule has 2 N–H and O–H groups in total.